The van der Waals surface area contributed by atoms with Gasteiger partial charge in [0, 0.05) is 7.11 Å². The zero-order chi connectivity index (χ0) is 8.86. The molecule has 0 atom stereocenters. The summed E-state index contributed by atoms with van der Waals surface area (Å²) in [6, 6.07) is 0. The Kier molecular flexibility index (Phi) is 4.07. The van der Waals surface area contributed by atoms with Gasteiger partial charge in [-0.15, -0.1) is 0 Å². The minimum Gasteiger partial charge on any atom is -0.379 e. The van der Waals surface area contributed by atoms with Crippen molar-refractivity contribution in [2.45, 2.75) is 63.9 Å². The first kappa shape index (κ1) is 10.0. The van der Waals surface area contributed by atoms with Crippen LogP contribution in [0, 0.1) is 0 Å². The lowest BCUT2D eigenvalue weighted by Gasteiger charge is -2.27. The van der Waals surface area contributed by atoms with Crippen LogP contribution in [0.3, 0.4) is 0 Å². The number of hydrogen-bond acceptors (Lipinski definition) is 1. The van der Waals surface area contributed by atoms with Gasteiger partial charge in [-0.3, -0.25) is 0 Å². The Balaban J connectivity index is 2.38. The normalized spacial score (nSPS) is 25.5. The first-order valence-corrected chi connectivity index (χ1v) is 5.32. The predicted molar refractivity (Wildman–Crippen MR) is 52.4 cm³/mol. The fourth-order valence-corrected chi connectivity index (χ4v) is 2.03. The molecule has 0 spiro atoms. The average Bonchev–Trinajstić information content (AvgIpc) is 2.18. The van der Waals surface area contributed by atoms with Crippen LogP contribution in [0.5, 0.6) is 0 Å². The zero-order valence-electron chi connectivity index (χ0n) is 8.57. The largest absolute Gasteiger partial charge is 0.379 e. The third-order valence-corrected chi connectivity index (χ3v) is 3.15. The van der Waals surface area contributed by atoms with Crippen molar-refractivity contribution >= 4 is 0 Å². The van der Waals surface area contributed by atoms with Gasteiger partial charge in [0.2, 0.25) is 0 Å². The Morgan fingerprint density at radius 1 is 0.833 bits per heavy atom. The number of rotatable bonds is 1. The van der Waals surface area contributed by atoms with Gasteiger partial charge in [-0.1, -0.05) is 38.5 Å². The van der Waals surface area contributed by atoms with Crippen LogP contribution in [0.4, 0.5) is 0 Å². The van der Waals surface area contributed by atoms with E-state index in [0.29, 0.717) is 0 Å². The first-order chi connectivity index (χ1) is 5.77. The molecule has 0 bridgehead atoms. The highest BCUT2D eigenvalue weighted by Crippen LogP contribution is 2.27. The van der Waals surface area contributed by atoms with E-state index in [1.54, 1.807) is 0 Å². The maximum Gasteiger partial charge on any atom is 0.0650 e. The molecule has 0 heterocycles. The molecule has 0 aromatic rings. The topological polar surface area (TPSA) is 9.23 Å². The molecule has 0 N–H and O–H groups in total. The van der Waals surface area contributed by atoms with E-state index in [2.05, 4.69) is 6.92 Å². The zero-order valence-corrected chi connectivity index (χ0v) is 8.57. The summed E-state index contributed by atoms with van der Waals surface area (Å²) in [5, 5.41) is 0. The van der Waals surface area contributed by atoms with Crippen LogP contribution in [0.15, 0.2) is 0 Å². The maximum absolute atomic E-state index is 5.57. The molecule has 72 valence electrons. The number of hydrogen-bond donors (Lipinski definition) is 0. The van der Waals surface area contributed by atoms with E-state index in [9.17, 15) is 0 Å². The van der Waals surface area contributed by atoms with Crippen molar-refractivity contribution in [2.24, 2.45) is 0 Å². The summed E-state index contributed by atoms with van der Waals surface area (Å²) in [5.74, 6) is 0. The Hall–Kier alpha value is -0.0400. The van der Waals surface area contributed by atoms with Crippen LogP contribution in [0.1, 0.15) is 58.3 Å². The smallest absolute Gasteiger partial charge is 0.0650 e. The highest BCUT2D eigenvalue weighted by Gasteiger charge is 2.22. The molecule has 0 unspecified atom stereocenters. The second-order valence-corrected chi connectivity index (χ2v) is 4.28. The summed E-state index contributed by atoms with van der Waals surface area (Å²) < 4.78 is 5.57. The van der Waals surface area contributed by atoms with Gasteiger partial charge in [0.25, 0.3) is 0 Å². The minimum absolute atomic E-state index is 0.185. The van der Waals surface area contributed by atoms with E-state index in [-0.39, 0.29) is 5.60 Å². The van der Waals surface area contributed by atoms with Crippen molar-refractivity contribution in [1.82, 2.24) is 0 Å². The van der Waals surface area contributed by atoms with E-state index in [1.165, 1.54) is 51.4 Å². The molecule has 1 saturated carbocycles. The summed E-state index contributed by atoms with van der Waals surface area (Å²) in [4.78, 5) is 0. The van der Waals surface area contributed by atoms with Crippen LogP contribution in [0.2, 0.25) is 0 Å². The van der Waals surface area contributed by atoms with E-state index in [0.717, 1.165) is 0 Å². The summed E-state index contributed by atoms with van der Waals surface area (Å²) in [6.07, 6.45) is 10.9. The van der Waals surface area contributed by atoms with Gasteiger partial charge in [0.1, 0.15) is 0 Å². The molecule has 1 nitrogen and oxygen atoms in total. The monoisotopic (exact) mass is 170 g/mol. The second kappa shape index (κ2) is 4.86. The van der Waals surface area contributed by atoms with Gasteiger partial charge in [0.05, 0.1) is 5.60 Å². The lowest BCUT2D eigenvalue weighted by Crippen LogP contribution is -2.26. The lowest BCUT2D eigenvalue weighted by atomic mass is 9.94. The van der Waals surface area contributed by atoms with Gasteiger partial charge < -0.3 is 4.74 Å². The number of ether oxygens (including phenoxy) is 1. The molecule has 1 aliphatic rings. The molecule has 0 aromatic heterocycles. The maximum atomic E-state index is 5.57. The molecule has 0 saturated heterocycles. The lowest BCUT2D eigenvalue weighted by molar-refractivity contribution is -0.0107. The Bertz CT molecular complexity index is 110. The van der Waals surface area contributed by atoms with Crippen molar-refractivity contribution < 1.29 is 4.74 Å². The molecule has 0 aliphatic heterocycles. The third kappa shape index (κ3) is 3.14. The first-order valence-electron chi connectivity index (χ1n) is 5.32. The molecule has 1 fully saturated rings. The van der Waals surface area contributed by atoms with Crippen molar-refractivity contribution in [1.29, 1.82) is 0 Å². The van der Waals surface area contributed by atoms with Gasteiger partial charge in [-0.05, 0) is 19.8 Å². The predicted octanol–water partition coefficient (Wildman–Crippen LogP) is 3.53. The molecule has 1 heteroatoms. The van der Waals surface area contributed by atoms with Crippen molar-refractivity contribution in [3.05, 3.63) is 0 Å². The third-order valence-electron chi connectivity index (χ3n) is 3.15. The van der Waals surface area contributed by atoms with Crippen LogP contribution in [0.25, 0.3) is 0 Å². The van der Waals surface area contributed by atoms with Crippen molar-refractivity contribution in [2.75, 3.05) is 7.11 Å². The van der Waals surface area contributed by atoms with Gasteiger partial charge in [-0.2, -0.15) is 0 Å². The van der Waals surface area contributed by atoms with Gasteiger partial charge in [-0.25, -0.2) is 0 Å². The Labute approximate surface area is 76.5 Å². The summed E-state index contributed by atoms with van der Waals surface area (Å²) >= 11 is 0. The van der Waals surface area contributed by atoms with E-state index in [1.807, 2.05) is 7.11 Å². The van der Waals surface area contributed by atoms with Crippen LogP contribution >= 0.6 is 0 Å². The van der Waals surface area contributed by atoms with Crippen LogP contribution in [-0.2, 0) is 4.74 Å². The molecule has 0 aromatic carbocycles. The minimum atomic E-state index is 0.185. The summed E-state index contributed by atoms with van der Waals surface area (Å²) in [6.45, 7) is 2.26. The van der Waals surface area contributed by atoms with Crippen molar-refractivity contribution in [3.63, 3.8) is 0 Å². The highest BCUT2D eigenvalue weighted by molar-refractivity contribution is 4.75. The van der Waals surface area contributed by atoms with Crippen LogP contribution in [-0.4, -0.2) is 12.7 Å². The standard InChI is InChI=1S/C11H22O/c1-11(12-2)9-7-5-3-4-6-8-10-11/h3-10H2,1-2H3. The molecule has 1 aliphatic carbocycles. The van der Waals surface area contributed by atoms with Gasteiger partial charge in [0.15, 0.2) is 0 Å². The summed E-state index contributed by atoms with van der Waals surface area (Å²) in [7, 11) is 1.86. The fourth-order valence-electron chi connectivity index (χ4n) is 2.03. The fraction of sp³-hybridized carbons (Fsp3) is 1.00. The van der Waals surface area contributed by atoms with E-state index in [4.69, 9.17) is 4.74 Å². The van der Waals surface area contributed by atoms with Crippen molar-refractivity contribution in [3.8, 4) is 0 Å². The van der Waals surface area contributed by atoms with Gasteiger partial charge >= 0.3 is 0 Å². The molecule has 1 rings (SSSR count). The molecular formula is C11H22O. The summed E-state index contributed by atoms with van der Waals surface area (Å²) in [5.41, 5.74) is 0.185. The quantitative estimate of drug-likeness (QED) is 0.585. The number of methoxy groups -OCH3 is 1. The van der Waals surface area contributed by atoms with E-state index >= 15 is 0 Å². The molecule has 0 radical (unpaired) electrons. The Morgan fingerprint density at radius 3 is 1.67 bits per heavy atom. The highest BCUT2D eigenvalue weighted by atomic mass is 16.5. The molecular weight excluding hydrogens is 148 g/mol. The Morgan fingerprint density at radius 2 is 1.25 bits per heavy atom. The van der Waals surface area contributed by atoms with Crippen LogP contribution < -0.4 is 0 Å². The SMILES string of the molecule is COC1(C)CCCCCCCC1. The molecule has 12 heavy (non-hydrogen) atoms. The second-order valence-electron chi connectivity index (χ2n) is 4.28. The molecule has 0 amide bonds. The average molecular weight is 170 g/mol. The van der Waals surface area contributed by atoms with E-state index < -0.39 is 0 Å².